The van der Waals surface area contributed by atoms with Crippen LogP contribution in [-0.4, -0.2) is 62.6 Å². The zero-order chi connectivity index (χ0) is 20.6. The van der Waals surface area contributed by atoms with Gasteiger partial charge in [0.1, 0.15) is 18.3 Å². The number of aliphatic hydroxyl groups is 1. The molecule has 2 aromatic carbocycles. The topological polar surface area (TPSA) is 83.5 Å². The van der Waals surface area contributed by atoms with Crippen molar-refractivity contribution in [3.8, 4) is 0 Å². The highest BCUT2D eigenvalue weighted by Gasteiger charge is 2.50. The molecule has 0 saturated carbocycles. The summed E-state index contributed by atoms with van der Waals surface area (Å²) in [6.45, 7) is 0.641. The number of carbonyl (C=O) groups is 1. The number of esters is 1. The first-order valence-electron chi connectivity index (χ1n) is 9.41. The Bertz CT molecular complexity index is 752. The molecule has 0 spiro atoms. The summed E-state index contributed by atoms with van der Waals surface area (Å²) in [7, 11) is 3.00. The molecule has 2 aromatic rings. The fourth-order valence-corrected chi connectivity index (χ4v) is 3.29. The third-order valence-electron chi connectivity index (χ3n) is 4.81. The minimum Gasteiger partial charge on any atom is -0.450 e. The summed E-state index contributed by atoms with van der Waals surface area (Å²) < 4.78 is 27.8. The molecule has 1 N–H and O–H groups in total. The highest BCUT2D eigenvalue weighted by molar-refractivity contribution is 5.89. The number of aliphatic hydroxyl groups excluding tert-OH is 1. The van der Waals surface area contributed by atoms with Crippen molar-refractivity contribution >= 4 is 5.97 Å². The van der Waals surface area contributed by atoms with Gasteiger partial charge in [-0.1, -0.05) is 48.5 Å². The lowest BCUT2D eigenvalue weighted by atomic mass is 10.1. The van der Waals surface area contributed by atoms with Crippen molar-refractivity contribution < 1.29 is 33.6 Å². The van der Waals surface area contributed by atoms with Crippen LogP contribution in [0, 0.1) is 0 Å². The molecular weight excluding hydrogens is 376 g/mol. The van der Waals surface area contributed by atoms with Gasteiger partial charge in [0.2, 0.25) is 0 Å². The van der Waals surface area contributed by atoms with Crippen LogP contribution in [0.1, 0.15) is 15.9 Å². The van der Waals surface area contributed by atoms with Gasteiger partial charge >= 0.3 is 5.97 Å². The van der Waals surface area contributed by atoms with Gasteiger partial charge < -0.3 is 28.8 Å². The molecule has 1 heterocycles. The Kier molecular flexibility index (Phi) is 7.74. The Hall–Kier alpha value is -2.29. The molecule has 156 valence electrons. The van der Waals surface area contributed by atoms with Crippen molar-refractivity contribution in [3.63, 3.8) is 0 Å². The fraction of sp³-hybridized carbons (Fsp3) is 0.409. The van der Waals surface area contributed by atoms with E-state index in [0.717, 1.165) is 5.56 Å². The number of carbonyl (C=O) groups excluding carboxylic acids is 1. The van der Waals surface area contributed by atoms with Crippen LogP contribution >= 0.6 is 0 Å². The molecule has 3 rings (SSSR count). The van der Waals surface area contributed by atoms with Gasteiger partial charge in [0.25, 0.3) is 0 Å². The molecule has 0 aromatic heterocycles. The highest BCUT2D eigenvalue weighted by atomic mass is 16.7. The van der Waals surface area contributed by atoms with Crippen LogP contribution in [0.2, 0.25) is 0 Å². The molecule has 7 nitrogen and oxygen atoms in total. The number of benzene rings is 2. The molecule has 7 heteroatoms. The van der Waals surface area contributed by atoms with E-state index in [0.29, 0.717) is 12.2 Å². The van der Waals surface area contributed by atoms with Gasteiger partial charge in [-0.25, -0.2) is 4.79 Å². The third-order valence-corrected chi connectivity index (χ3v) is 4.81. The van der Waals surface area contributed by atoms with E-state index in [4.69, 9.17) is 23.7 Å². The van der Waals surface area contributed by atoms with Crippen LogP contribution in [-0.2, 0) is 30.3 Å². The second-order valence-electron chi connectivity index (χ2n) is 6.70. The van der Waals surface area contributed by atoms with Crippen LogP contribution in [0.5, 0.6) is 0 Å². The largest absolute Gasteiger partial charge is 0.450 e. The Morgan fingerprint density at radius 1 is 1.03 bits per heavy atom. The van der Waals surface area contributed by atoms with E-state index in [-0.39, 0.29) is 6.61 Å². The van der Waals surface area contributed by atoms with Crippen LogP contribution in [0.15, 0.2) is 60.7 Å². The maximum atomic E-state index is 12.4. The number of hydrogen-bond acceptors (Lipinski definition) is 7. The molecule has 0 amide bonds. The number of ether oxygens (including phenoxy) is 5. The summed E-state index contributed by atoms with van der Waals surface area (Å²) >= 11 is 0. The van der Waals surface area contributed by atoms with Crippen LogP contribution < -0.4 is 0 Å². The standard InChI is InChI=1S/C22H26O7/c1-25-17(14-27-13-15-9-5-3-6-10-15)18-19(26-2)20(22(24)28-18)29-21(23)16-11-7-4-8-12-16/h3-12,17-20,22,24H,13-14H2,1-2H3/t17-,18-,19+,20-,22+/m1/s1. The first kappa shape index (κ1) is 21.4. The Balaban J connectivity index is 1.61. The predicted molar refractivity (Wildman–Crippen MR) is 104 cm³/mol. The summed E-state index contributed by atoms with van der Waals surface area (Å²) in [6, 6.07) is 18.3. The average molecular weight is 402 g/mol. The molecule has 1 fully saturated rings. The maximum Gasteiger partial charge on any atom is 0.338 e. The Morgan fingerprint density at radius 2 is 1.69 bits per heavy atom. The second kappa shape index (κ2) is 10.5. The van der Waals surface area contributed by atoms with Crippen LogP contribution in [0.4, 0.5) is 0 Å². The lowest BCUT2D eigenvalue weighted by Crippen LogP contribution is -2.44. The quantitative estimate of drug-likeness (QED) is 0.644. The van der Waals surface area contributed by atoms with E-state index >= 15 is 0 Å². The summed E-state index contributed by atoms with van der Waals surface area (Å²) in [4.78, 5) is 12.4. The van der Waals surface area contributed by atoms with Gasteiger partial charge in [-0.05, 0) is 17.7 Å². The van der Waals surface area contributed by atoms with Crippen LogP contribution in [0.25, 0.3) is 0 Å². The second-order valence-corrected chi connectivity index (χ2v) is 6.70. The van der Waals surface area contributed by atoms with Crippen molar-refractivity contribution in [3.05, 3.63) is 71.8 Å². The summed E-state index contributed by atoms with van der Waals surface area (Å²) in [5.41, 5.74) is 1.42. The monoisotopic (exact) mass is 402 g/mol. The van der Waals surface area contributed by atoms with Crippen molar-refractivity contribution in [2.75, 3.05) is 20.8 Å². The molecule has 1 aliphatic heterocycles. The van der Waals surface area contributed by atoms with E-state index in [1.165, 1.54) is 14.2 Å². The number of methoxy groups -OCH3 is 2. The summed E-state index contributed by atoms with van der Waals surface area (Å²) in [6.07, 6.45) is -4.19. The average Bonchev–Trinajstić information content (AvgIpc) is 3.07. The van der Waals surface area contributed by atoms with Crippen LogP contribution in [0.3, 0.4) is 0 Å². The third kappa shape index (κ3) is 5.41. The Morgan fingerprint density at radius 3 is 2.31 bits per heavy atom. The van der Waals surface area contributed by atoms with Gasteiger partial charge in [0, 0.05) is 14.2 Å². The van der Waals surface area contributed by atoms with Crippen molar-refractivity contribution in [1.29, 1.82) is 0 Å². The molecule has 0 radical (unpaired) electrons. The van der Waals surface area contributed by atoms with Crippen molar-refractivity contribution in [2.24, 2.45) is 0 Å². The maximum absolute atomic E-state index is 12.4. The highest BCUT2D eigenvalue weighted by Crippen LogP contribution is 2.29. The molecule has 0 aliphatic carbocycles. The first-order chi connectivity index (χ1) is 14.1. The van der Waals surface area contributed by atoms with Gasteiger partial charge in [-0.2, -0.15) is 0 Å². The zero-order valence-electron chi connectivity index (χ0n) is 16.5. The fourth-order valence-electron chi connectivity index (χ4n) is 3.29. The van der Waals surface area contributed by atoms with Crippen molar-refractivity contribution in [1.82, 2.24) is 0 Å². The Labute approximate surface area is 170 Å². The molecule has 0 bridgehead atoms. The summed E-state index contributed by atoms with van der Waals surface area (Å²) in [5.74, 6) is -0.560. The first-order valence-corrected chi connectivity index (χ1v) is 9.41. The smallest absolute Gasteiger partial charge is 0.338 e. The zero-order valence-corrected chi connectivity index (χ0v) is 16.5. The lowest BCUT2D eigenvalue weighted by molar-refractivity contribution is -0.161. The van der Waals surface area contributed by atoms with Gasteiger partial charge in [0.05, 0.1) is 18.8 Å². The molecule has 1 aliphatic rings. The van der Waals surface area contributed by atoms with E-state index in [1.807, 2.05) is 30.3 Å². The van der Waals surface area contributed by atoms with E-state index < -0.39 is 36.7 Å². The molecule has 0 unspecified atom stereocenters. The predicted octanol–water partition coefficient (Wildman–Crippen LogP) is 2.18. The van der Waals surface area contributed by atoms with E-state index in [9.17, 15) is 9.90 Å². The number of hydrogen-bond donors (Lipinski definition) is 1. The normalized spacial score (nSPS) is 24.9. The van der Waals surface area contributed by atoms with E-state index in [2.05, 4.69) is 0 Å². The minimum absolute atomic E-state index is 0.224. The van der Waals surface area contributed by atoms with Gasteiger partial charge in [0.15, 0.2) is 12.4 Å². The molecule has 1 saturated heterocycles. The lowest BCUT2D eigenvalue weighted by Gasteiger charge is -2.26. The van der Waals surface area contributed by atoms with Gasteiger partial charge in [-0.3, -0.25) is 0 Å². The van der Waals surface area contributed by atoms with Crippen molar-refractivity contribution in [2.45, 2.75) is 37.3 Å². The molecule has 29 heavy (non-hydrogen) atoms. The molecular formula is C22H26O7. The van der Waals surface area contributed by atoms with E-state index in [1.54, 1.807) is 30.3 Å². The SMILES string of the molecule is CO[C@@H]1[C@@H](OC(=O)c2ccccc2)[C@@H](O)O[C@@H]1[C@@H](COCc1ccccc1)OC. The minimum atomic E-state index is -1.33. The van der Waals surface area contributed by atoms with Gasteiger partial charge in [-0.15, -0.1) is 0 Å². The molecule has 5 atom stereocenters. The number of rotatable bonds is 9. The summed E-state index contributed by atoms with van der Waals surface area (Å²) in [5, 5.41) is 10.3.